The van der Waals surface area contributed by atoms with Crippen molar-refractivity contribution in [2.24, 2.45) is 0 Å². The Morgan fingerprint density at radius 3 is 2.78 bits per heavy atom. The van der Waals surface area contributed by atoms with Gasteiger partial charge in [-0.3, -0.25) is 4.79 Å². The summed E-state index contributed by atoms with van der Waals surface area (Å²) in [4.78, 5) is 12.0. The molecule has 0 aliphatic carbocycles. The number of hydrogen-bond acceptors (Lipinski definition) is 4. The minimum absolute atomic E-state index is 0.0938. The largest absolute Gasteiger partial charge is 0.469 e. The van der Waals surface area contributed by atoms with Crippen molar-refractivity contribution in [2.75, 3.05) is 0 Å². The quantitative estimate of drug-likeness (QED) is 0.846. The van der Waals surface area contributed by atoms with Gasteiger partial charge in [0, 0.05) is 16.6 Å². The Bertz CT molecular complexity index is 776. The highest BCUT2D eigenvalue weighted by Gasteiger charge is 2.31. The van der Waals surface area contributed by atoms with Gasteiger partial charge in [-0.25, -0.2) is 0 Å². The molecule has 1 aromatic heterocycles. The third kappa shape index (κ3) is 3.69. The Morgan fingerprint density at radius 1 is 1.35 bits per heavy atom. The molecule has 0 fully saturated rings. The lowest BCUT2D eigenvalue weighted by Crippen LogP contribution is -2.30. The van der Waals surface area contributed by atoms with Gasteiger partial charge in [0.25, 0.3) is 0 Å². The molecule has 23 heavy (non-hydrogen) atoms. The van der Waals surface area contributed by atoms with Gasteiger partial charge in [-0.15, -0.1) is 11.8 Å². The van der Waals surface area contributed by atoms with E-state index in [0.29, 0.717) is 22.1 Å². The Balaban J connectivity index is 1.83. The number of furan rings is 1. The molecule has 0 spiro atoms. The summed E-state index contributed by atoms with van der Waals surface area (Å²) in [6.07, 6.45) is 1.80. The molecular weight excluding hydrogens is 376 g/mol. The van der Waals surface area contributed by atoms with E-state index in [1.807, 2.05) is 24.3 Å². The van der Waals surface area contributed by atoms with E-state index in [0.717, 1.165) is 10.0 Å². The van der Waals surface area contributed by atoms with Gasteiger partial charge in [0.2, 0.25) is 5.91 Å². The predicted octanol–water partition coefficient (Wildman–Crippen LogP) is 4.31. The molecule has 0 saturated carbocycles. The lowest BCUT2D eigenvalue weighted by atomic mass is 9.92. The minimum atomic E-state index is -0.309. The maximum Gasteiger partial charge on any atom is 0.225 e. The lowest BCUT2D eigenvalue weighted by molar-refractivity contribution is -0.120. The summed E-state index contributed by atoms with van der Waals surface area (Å²) in [6.45, 7) is 0. The number of rotatable bonds is 4. The fourth-order valence-electron chi connectivity index (χ4n) is 2.40. The normalized spacial score (nSPS) is 17.7. The molecule has 0 unspecified atom stereocenters. The zero-order valence-electron chi connectivity index (χ0n) is 12.1. The third-order valence-electron chi connectivity index (χ3n) is 3.54. The average Bonchev–Trinajstić information content (AvgIpc) is 3.08. The van der Waals surface area contributed by atoms with Crippen LogP contribution in [0.1, 0.15) is 23.7 Å². The van der Waals surface area contributed by atoms with Crippen molar-refractivity contribution in [3.63, 3.8) is 0 Å². The zero-order chi connectivity index (χ0) is 16.2. The number of thioether (sulfide) groups is 1. The van der Waals surface area contributed by atoms with E-state index in [1.54, 1.807) is 18.4 Å². The maximum atomic E-state index is 12.0. The van der Waals surface area contributed by atoms with Gasteiger partial charge in [0.15, 0.2) is 0 Å². The van der Waals surface area contributed by atoms with Gasteiger partial charge < -0.3 is 9.73 Å². The minimum Gasteiger partial charge on any atom is -0.469 e. The highest BCUT2D eigenvalue weighted by molar-refractivity contribution is 9.10. The van der Waals surface area contributed by atoms with Crippen LogP contribution >= 0.6 is 27.7 Å². The van der Waals surface area contributed by atoms with Crippen LogP contribution in [-0.2, 0) is 10.5 Å². The van der Waals surface area contributed by atoms with E-state index < -0.39 is 0 Å². The second-order valence-electron chi connectivity index (χ2n) is 5.09. The topological polar surface area (TPSA) is 66.0 Å². The summed E-state index contributed by atoms with van der Waals surface area (Å²) in [6, 6.07) is 13.8. The number of amides is 1. The molecule has 0 bridgehead atoms. The van der Waals surface area contributed by atoms with Gasteiger partial charge in [-0.2, -0.15) is 5.26 Å². The first-order chi connectivity index (χ1) is 11.2. The predicted molar refractivity (Wildman–Crippen MR) is 92.3 cm³/mol. The van der Waals surface area contributed by atoms with Gasteiger partial charge in [-0.1, -0.05) is 28.1 Å². The maximum absolute atomic E-state index is 12.0. The van der Waals surface area contributed by atoms with Crippen LogP contribution in [0.25, 0.3) is 0 Å². The Labute approximate surface area is 146 Å². The van der Waals surface area contributed by atoms with E-state index >= 15 is 0 Å². The number of nitriles is 1. The molecule has 116 valence electrons. The smallest absolute Gasteiger partial charge is 0.225 e. The average molecular weight is 389 g/mol. The fourth-order valence-corrected chi connectivity index (χ4v) is 3.70. The fraction of sp³-hybridized carbons (Fsp3) is 0.176. The van der Waals surface area contributed by atoms with E-state index in [-0.39, 0.29) is 18.2 Å². The van der Waals surface area contributed by atoms with Crippen LogP contribution in [0, 0.1) is 11.3 Å². The van der Waals surface area contributed by atoms with Gasteiger partial charge in [0.05, 0.1) is 28.9 Å². The van der Waals surface area contributed by atoms with Crippen molar-refractivity contribution in [1.29, 1.82) is 5.26 Å². The molecular formula is C17H13BrN2O2S. The standard InChI is InChI=1S/C17H13BrN2O2S/c18-12-5-3-11(4-6-12)10-23-17-14(9-19)13(8-16(21)20-17)15-2-1-7-22-15/h1-7,13H,8,10H2,(H,20,21)/t13-/m0/s1. The van der Waals surface area contributed by atoms with Crippen molar-refractivity contribution in [1.82, 2.24) is 5.32 Å². The molecule has 0 radical (unpaired) electrons. The molecule has 1 N–H and O–H groups in total. The molecule has 1 aliphatic heterocycles. The summed E-state index contributed by atoms with van der Waals surface area (Å²) < 4.78 is 6.42. The van der Waals surface area contributed by atoms with Crippen molar-refractivity contribution < 1.29 is 9.21 Å². The van der Waals surface area contributed by atoms with Crippen molar-refractivity contribution in [2.45, 2.75) is 18.1 Å². The van der Waals surface area contributed by atoms with Crippen LogP contribution in [0.4, 0.5) is 0 Å². The summed E-state index contributed by atoms with van der Waals surface area (Å²) in [5.41, 5.74) is 1.68. The molecule has 1 atom stereocenters. The van der Waals surface area contributed by atoms with Crippen LogP contribution < -0.4 is 5.32 Å². The Kier molecular flexibility index (Phi) is 4.89. The molecule has 0 saturated heterocycles. The number of carbonyl (C=O) groups excluding carboxylic acids is 1. The third-order valence-corrected chi connectivity index (χ3v) is 5.16. The lowest BCUT2D eigenvalue weighted by Gasteiger charge is -2.23. The number of carbonyl (C=O) groups is 1. The van der Waals surface area contributed by atoms with Crippen LogP contribution in [0.15, 0.2) is 62.2 Å². The molecule has 2 aromatic rings. The summed E-state index contributed by atoms with van der Waals surface area (Å²) in [7, 11) is 0. The second-order valence-corrected chi connectivity index (χ2v) is 6.99. The first kappa shape index (κ1) is 15.9. The van der Waals surface area contributed by atoms with Crippen molar-refractivity contribution in [3.8, 4) is 6.07 Å². The second kappa shape index (κ2) is 7.07. The highest BCUT2D eigenvalue weighted by Crippen LogP contribution is 2.37. The van der Waals surface area contributed by atoms with Crippen molar-refractivity contribution in [3.05, 3.63) is 69.1 Å². The summed E-state index contributed by atoms with van der Waals surface area (Å²) in [5.74, 6) is 0.928. The SMILES string of the molecule is N#CC1=C(SCc2ccc(Br)cc2)NC(=O)C[C@@H]1c1ccco1. The summed E-state index contributed by atoms with van der Waals surface area (Å²) in [5, 5.41) is 13.0. The van der Waals surface area contributed by atoms with Gasteiger partial charge in [-0.05, 0) is 29.8 Å². The molecule has 1 aliphatic rings. The summed E-state index contributed by atoms with van der Waals surface area (Å²) >= 11 is 4.87. The molecule has 1 amide bonds. The zero-order valence-corrected chi connectivity index (χ0v) is 14.5. The van der Waals surface area contributed by atoms with Gasteiger partial charge in [0.1, 0.15) is 5.76 Å². The van der Waals surface area contributed by atoms with Crippen LogP contribution in [0.3, 0.4) is 0 Å². The number of nitrogens with zero attached hydrogens (tertiary/aromatic N) is 1. The number of benzene rings is 1. The van der Waals surface area contributed by atoms with E-state index in [4.69, 9.17) is 4.42 Å². The molecule has 6 heteroatoms. The molecule has 2 heterocycles. The molecule has 1 aromatic carbocycles. The Morgan fingerprint density at radius 2 is 2.13 bits per heavy atom. The highest BCUT2D eigenvalue weighted by atomic mass is 79.9. The monoisotopic (exact) mass is 388 g/mol. The number of hydrogen-bond donors (Lipinski definition) is 1. The number of allylic oxidation sites excluding steroid dienone is 1. The van der Waals surface area contributed by atoms with E-state index in [2.05, 4.69) is 27.3 Å². The number of halogens is 1. The number of nitrogens with one attached hydrogen (secondary N) is 1. The van der Waals surface area contributed by atoms with Crippen LogP contribution in [0.5, 0.6) is 0 Å². The van der Waals surface area contributed by atoms with Crippen molar-refractivity contribution >= 4 is 33.6 Å². The van der Waals surface area contributed by atoms with Crippen LogP contribution in [0.2, 0.25) is 0 Å². The Hall–Kier alpha value is -1.97. The first-order valence-corrected chi connectivity index (χ1v) is 8.80. The van der Waals surface area contributed by atoms with E-state index in [1.165, 1.54) is 11.8 Å². The van der Waals surface area contributed by atoms with Gasteiger partial charge >= 0.3 is 0 Å². The molecule has 3 rings (SSSR count). The van der Waals surface area contributed by atoms with E-state index in [9.17, 15) is 10.1 Å². The first-order valence-electron chi connectivity index (χ1n) is 7.02. The molecule has 4 nitrogen and oxygen atoms in total. The van der Waals surface area contributed by atoms with Crippen LogP contribution in [-0.4, -0.2) is 5.91 Å².